The summed E-state index contributed by atoms with van der Waals surface area (Å²) in [4.78, 5) is 8.53. The molecule has 0 atom stereocenters. The van der Waals surface area contributed by atoms with Gasteiger partial charge in [-0.3, -0.25) is 0 Å². The van der Waals surface area contributed by atoms with Crippen molar-refractivity contribution < 1.29 is 4.74 Å². The van der Waals surface area contributed by atoms with Crippen LogP contribution in [0.15, 0.2) is 6.33 Å². The quantitative estimate of drug-likeness (QED) is 0.793. The second-order valence-corrected chi connectivity index (χ2v) is 5.55. The van der Waals surface area contributed by atoms with E-state index >= 15 is 0 Å². The maximum atomic E-state index is 5.44. The van der Waals surface area contributed by atoms with E-state index in [2.05, 4.69) is 34.4 Å². The molecule has 1 fully saturated rings. The van der Waals surface area contributed by atoms with E-state index in [4.69, 9.17) is 4.74 Å². The molecule has 1 aromatic heterocycles. The molecule has 1 heterocycles. The van der Waals surface area contributed by atoms with Gasteiger partial charge in [0.2, 0.25) is 5.75 Å². The van der Waals surface area contributed by atoms with Crippen molar-refractivity contribution in [1.82, 2.24) is 9.97 Å². The Labute approximate surface area is 115 Å². The van der Waals surface area contributed by atoms with Crippen LogP contribution in [-0.4, -0.2) is 30.2 Å². The molecule has 0 bridgehead atoms. The summed E-state index contributed by atoms with van der Waals surface area (Å²) < 4.78 is 5.44. The van der Waals surface area contributed by atoms with Crippen LogP contribution in [0, 0.1) is 5.41 Å². The van der Waals surface area contributed by atoms with Gasteiger partial charge in [-0.2, -0.15) is 0 Å². The molecule has 106 valence electrons. The number of hydrogen-bond donors (Lipinski definition) is 2. The Morgan fingerprint density at radius 2 is 1.95 bits per heavy atom. The van der Waals surface area contributed by atoms with Crippen LogP contribution in [0.5, 0.6) is 5.75 Å². The predicted octanol–water partition coefficient (Wildman–Crippen LogP) is 2.91. The molecule has 0 aliphatic heterocycles. The first-order chi connectivity index (χ1) is 9.18. The Hall–Kier alpha value is -1.52. The number of ether oxygens (including phenoxy) is 1. The largest absolute Gasteiger partial charge is 0.490 e. The first-order valence-corrected chi connectivity index (χ1v) is 7.05. The summed E-state index contributed by atoms with van der Waals surface area (Å²) in [5, 5.41) is 6.67. The number of aromatic nitrogens is 2. The van der Waals surface area contributed by atoms with Crippen molar-refractivity contribution in [2.24, 2.45) is 5.41 Å². The van der Waals surface area contributed by atoms with Gasteiger partial charge < -0.3 is 15.4 Å². The molecule has 2 N–H and O–H groups in total. The predicted molar refractivity (Wildman–Crippen MR) is 77.8 cm³/mol. The SMILES string of the molecule is CCCNc1ncnc(NCC2(C)CCC2)c1OC. The third-order valence-electron chi connectivity index (χ3n) is 3.79. The van der Waals surface area contributed by atoms with Crippen LogP contribution in [0.25, 0.3) is 0 Å². The van der Waals surface area contributed by atoms with Crippen LogP contribution in [0.2, 0.25) is 0 Å². The van der Waals surface area contributed by atoms with Gasteiger partial charge in [-0.1, -0.05) is 20.3 Å². The zero-order valence-corrected chi connectivity index (χ0v) is 12.1. The average Bonchev–Trinajstić information content (AvgIpc) is 2.40. The Morgan fingerprint density at radius 1 is 1.26 bits per heavy atom. The van der Waals surface area contributed by atoms with Crippen molar-refractivity contribution >= 4 is 11.6 Å². The van der Waals surface area contributed by atoms with E-state index in [1.165, 1.54) is 19.3 Å². The topological polar surface area (TPSA) is 59.1 Å². The Bertz CT molecular complexity index is 418. The van der Waals surface area contributed by atoms with Crippen molar-refractivity contribution in [2.45, 2.75) is 39.5 Å². The van der Waals surface area contributed by atoms with Gasteiger partial charge in [0.1, 0.15) is 6.33 Å². The fourth-order valence-electron chi connectivity index (χ4n) is 2.32. The molecule has 1 aromatic rings. The molecule has 1 aliphatic rings. The molecule has 0 amide bonds. The summed E-state index contributed by atoms with van der Waals surface area (Å²) in [5.74, 6) is 2.25. The summed E-state index contributed by atoms with van der Waals surface area (Å²) >= 11 is 0. The van der Waals surface area contributed by atoms with E-state index in [0.29, 0.717) is 11.2 Å². The monoisotopic (exact) mass is 264 g/mol. The number of nitrogens with zero attached hydrogens (tertiary/aromatic N) is 2. The second kappa shape index (κ2) is 6.08. The molecule has 5 heteroatoms. The number of rotatable bonds is 7. The highest BCUT2D eigenvalue weighted by atomic mass is 16.5. The van der Waals surface area contributed by atoms with Gasteiger partial charge in [0.25, 0.3) is 0 Å². The molecule has 0 radical (unpaired) electrons. The summed E-state index contributed by atoms with van der Waals surface area (Å²) in [6, 6.07) is 0. The highest BCUT2D eigenvalue weighted by molar-refractivity contribution is 5.63. The van der Waals surface area contributed by atoms with Crippen LogP contribution >= 0.6 is 0 Å². The van der Waals surface area contributed by atoms with Crippen LogP contribution in [0.1, 0.15) is 39.5 Å². The average molecular weight is 264 g/mol. The Balaban J connectivity index is 2.05. The smallest absolute Gasteiger partial charge is 0.204 e. The van der Waals surface area contributed by atoms with Gasteiger partial charge in [-0.25, -0.2) is 9.97 Å². The van der Waals surface area contributed by atoms with E-state index < -0.39 is 0 Å². The third kappa shape index (κ3) is 3.28. The zero-order valence-electron chi connectivity index (χ0n) is 12.1. The van der Waals surface area contributed by atoms with E-state index in [9.17, 15) is 0 Å². The zero-order chi connectivity index (χ0) is 13.7. The lowest BCUT2D eigenvalue weighted by Crippen LogP contribution is -2.33. The third-order valence-corrected chi connectivity index (χ3v) is 3.79. The molecule has 5 nitrogen and oxygen atoms in total. The van der Waals surface area contributed by atoms with Crippen molar-refractivity contribution in [1.29, 1.82) is 0 Å². The van der Waals surface area contributed by atoms with Crippen LogP contribution in [0.3, 0.4) is 0 Å². The number of hydrogen-bond acceptors (Lipinski definition) is 5. The Morgan fingerprint density at radius 3 is 2.47 bits per heavy atom. The maximum Gasteiger partial charge on any atom is 0.204 e. The van der Waals surface area contributed by atoms with Gasteiger partial charge in [0.15, 0.2) is 11.6 Å². The maximum absolute atomic E-state index is 5.44. The fourth-order valence-corrected chi connectivity index (χ4v) is 2.32. The first-order valence-electron chi connectivity index (χ1n) is 7.05. The minimum absolute atomic E-state index is 0.410. The number of methoxy groups -OCH3 is 1. The van der Waals surface area contributed by atoms with E-state index in [1.807, 2.05) is 0 Å². The fraction of sp³-hybridized carbons (Fsp3) is 0.714. The van der Waals surface area contributed by atoms with E-state index in [-0.39, 0.29) is 0 Å². The Kier molecular flexibility index (Phi) is 4.45. The van der Waals surface area contributed by atoms with Gasteiger partial charge in [-0.05, 0) is 24.7 Å². The minimum atomic E-state index is 0.410. The normalized spacial score (nSPS) is 16.6. The van der Waals surface area contributed by atoms with Gasteiger partial charge in [0, 0.05) is 13.1 Å². The first kappa shape index (κ1) is 13.9. The lowest BCUT2D eigenvalue weighted by atomic mass is 9.70. The molecule has 0 unspecified atom stereocenters. The lowest BCUT2D eigenvalue weighted by molar-refractivity contribution is 0.179. The number of nitrogens with one attached hydrogen (secondary N) is 2. The van der Waals surface area contributed by atoms with Gasteiger partial charge in [-0.15, -0.1) is 0 Å². The second-order valence-electron chi connectivity index (χ2n) is 5.55. The molecule has 0 saturated heterocycles. The molecule has 19 heavy (non-hydrogen) atoms. The molecular formula is C14H24N4O. The van der Waals surface area contributed by atoms with Crippen LogP contribution < -0.4 is 15.4 Å². The lowest BCUT2D eigenvalue weighted by Gasteiger charge is -2.38. The molecule has 1 saturated carbocycles. The summed E-state index contributed by atoms with van der Waals surface area (Å²) in [6.45, 7) is 6.25. The van der Waals surface area contributed by atoms with Crippen molar-refractivity contribution in [3.63, 3.8) is 0 Å². The van der Waals surface area contributed by atoms with Gasteiger partial charge in [0.05, 0.1) is 7.11 Å². The van der Waals surface area contributed by atoms with Gasteiger partial charge >= 0.3 is 0 Å². The molecule has 2 rings (SSSR count). The highest BCUT2D eigenvalue weighted by Gasteiger charge is 2.31. The number of anilines is 2. The van der Waals surface area contributed by atoms with Crippen molar-refractivity contribution in [3.05, 3.63) is 6.33 Å². The van der Waals surface area contributed by atoms with Crippen molar-refractivity contribution in [2.75, 3.05) is 30.8 Å². The molecular weight excluding hydrogens is 240 g/mol. The van der Waals surface area contributed by atoms with Crippen LogP contribution in [0.4, 0.5) is 11.6 Å². The highest BCUT2D eigenvalue weighted by Crippen LogP contribution is 2.40. The van der Waals surface area contributed by atoms with Crippen LogP contribution in [-0.2, 0) is 0 Å². The van der Waals surface area contributed by atoms with Crippen molar-refractivity contribution in [3.8, 4) is 5.75 Å². The van der Waals surface area contributed by atoms with E-state index in [0.717, 1.165) is 31.1 Å². The minimum Gasteiger partial charge on any atom is -0.490 e. The summed E-state index contributed by atoms with van der Waals surface area (Å²) in [7, 11) is 1.66. The molecule has 0 aromatic carbocycles. The summed E-state index contributed by atoms with van der Waals surface area (Å²) in [5.41, 5.74) is 0.410. The summed E-state index contributed by atoms with van der Waals surface area (Å²) in [6.07, 6.45) is 6.53. The molecule has 0 spiro atoms. The van der Waals surface area contributed by atoms with E-state index in [1.54, 1.807) is 13.4 Å². The standard InChI is InChI=1S/C14H24N4O/c1-4-8-15-12-11(19-3)13(18-10-17-12)16-9-14(2)6-5-7-14/h10H,4-9H2,1-3H3,(H2,15,16,17,18). The molecule has 1 aliphatic carbocycles.